The Kier molecular flexibility index (Phi) is 6.11. The van der Waals surface area contributed by atoms with Gasteiger partial charge in [-0.1, -0.05) is 6.07 Å². The molecule has 0 saturated carbocycles. The Bertz CT molecular complexity index is 800. The van der Waals surface area contributed by atoms with Crippen LogP contribution in [0.4, 0.5) is 0 Å². The number of carbonyl (C=O) groups excluding carboxylic acids is 2. The largest absolute Gasteiger partial charge is 0.493 e. The highest BCUT2D eigenvalue weighted by Gasteiger charge is 2.17. The monoisotopic (exact) mass is 343 g/mol. The number of methoxy groups -OCH3 is 3. The van der Waals surface area contributed by atoms with E-state index in [0.717, 1.165) is 0 Å². The first-order chi connectivity index (χ1) is 12.1. The lowest BCUT2D eigenvalue weighted by Gasteiger charge is -2.11. The molecule has 1 aromatic heterocycles. The molecule has 0 atom stereocenters. The molecule has 1 aromatic carbocycles. The molecule has 7 nitrogen and oxygen atoms in total. The van der Waals surface area contributed by atoms with Gasteiger partial charge in [-0.15, -0.1) is 0 Å². The number of ether oxygens (including phenoxy) is 4. The first-order valence-electron chi connectivity index (χ1n) is 7.24. The third-order valence-corrected chi connectivity index (χ3v) is 3.19. The summed E-state index contributed by atoms with van der Waals surface area (Å²) >= 11 is 0. The van der Waals surface area contributed by atoms with Crippen molar-refractivity contribution in [3.8, 4) is 17.4 Å². The van der Waals surface area contributed by atoms with Gasteiger partial charge in [-0.3, -0.25) is 0 Å². The summed E-state index contributed by atoms with van der Waals surface area (Å²) in [7, 11) is 4.16. The molecule has 0 radical (unpaired) electrons. The molecular weight excluding hydrogens is 326 g/mol. The molecule has 130 valence electrons. The van der Waals surface area contributed by atoms with Gasteiger partial charge in [0.15, 0.2) is 11.5 Å². The summed E-state index contributed by atoms with van der Waals surface area (Å²) in [4.78, 5) is 27.4. The fourth-order valence-corrected chi connectivity index (χ4v) is 1.97. The van der Waals surface area contributed by atoms with E-state index in [1.165, 1.54) is 33.6 Å². The van der Waals surface area contributed by atoms with Crippen LogP contribution in [0.5, 0.6) is 17.4 Å². The van der Waals surface area contributed by atoms with Crippen molar-refractivity contribution in [3.63, 3.8) is 0 Å². The Morgan fingerprint density at radius 2 is 1.84 bits per heavy atom. The summed E-state index contributed by atoms with van der Waals surface area (Å²) in [5.41, 5.74) is 0.878. The Balaban J connectivity index is 2.23. The third kappa shape index (κ3) is 4.57. The van der Waals surface area contributed by atoms with Crippen molar-refractivity contribution in [2.75, 3.05) is 21.3 Å². The highest BCUT2D eigenvalue weighted by Crippen LogP contribution is 2.30. The number of esters is 2. The topological polar surface area (TPSA) is 84.0 Å². The fourth-order valence-electron chi connectivity index (χ4n) is 1.97. The van der Waals surface area contributed by atoms with Crippen LogP contribution >= 0.6 is 0 Å². The molecule has 0 fully saturated rings. The minimum atomic E-state index is -0.624. The molecule has 0 amide bonds. The van der Waals surface area contributed by atoms with E-state index >= 15 is 0 Å². The van der Waals surface area contributed by atoms with Crippen molar-refractivity contribution in [2.45, 2.75) is 0 Å². The zero-order valence-electron chi connectivity index (χ0n) is 14.0. The van der Waals surface area contributed by atoms with Crippen LogP contribution < -0.4 is 14.2 Å². The lowest BCUT2D eigenvalue weighted by atomic mass is 10.2. The van der Waals surface area contributed by atoms with Gasteiger partial charge in [0.2, 0.25) is 5.88 Å². The average molecular weight is 343 g/mol. The predicted octanol–water partition coefficient (Wildman–Crippen LogP) is 2.50. The molecule has 0 aliphatic heterocycles. The standard InChI is InChI=1S/C18H17NO6/c1-22-15-11-12(7-9-16(20)23-2)6-8-14(15)25-18(21)13-5-4-10-19-17(13)24-3/h4-11H,1-3H3/b9-7+. The van der Waals surface area contributed by atoms with Gasteiger partial charge in [-0.05, 0) is 35.9 Å². The van der Waals surface area contributed by atoms with Crippen LogP contribution in [0.2, 0.25) is 0 Å². The van der Waals surface area contributed by atoms with Crippen LogP contribution in [0.15, 0.2) is 42.6 Å². The quantitative estimate of drug-likeness (QED) is 0.453. The molecule has 0 unspecified atom stereocenters. The molecule has 2 aromatic rings. The number of hydrogen-bond donors (Lipinski definition) is 0. The van der Waals surface area contributed by atoms with Gasteiger partial charge in [0.25, 0.3) is 0 Å². The molecular formula is C18H17NO6. The van der Waals surface area contributed by atoms with E-state index < -0.39 is 11.9 Å². The maximum atomic E-state index is 12.3. The first-order valence-corrected chi connectivity index (χ1v) is 7.24. The Hall–Kier alpha value is -3.35. The highest BCUT2D eigenvalue weighted by atomic mass is 16.6. The van der Waals surface area contributed by atoms with Gasteiger partial charge in [0, 0.05) is 12.3 Å². The van der Waals surface area contributed by atoms with Crippen LogP contribution in [0.1, 0.15) is 15.9 Å². The molecule has 0 saturated heterocycles. The molecule has 0 bridgehead atoms. The zero-order valence-corrected chi connectivity index (χ0v) is 14.0. The van der Waals surface area contributed by atoms with Crippen molar-refractivity contribution in [1.82, 2.24) is 4.98 Å². The Morgan fingerprint density at radius 3 is 2.52 bits per heavy atom. The van der Waals surface area contributed by atoms with Crippen LogP contribution in [-0.4, -0.2) is 38.3 Å². The van der Waals surface area contributed by atoms with Crippen LogP contribution in [0.3, 0.4) is 0 Å². The molecule has 1 heterocycles. The average Bonchev–Trinajstić information content (AvgIpc) is 2.66. The number of rotatable bonds is 6. The summed E-state index contributed by atoms with van der Waals surface area (Å²) in [6, 6.07) is 8.02. The minimum Gasteiger partial charge on any atom is -0.493 e. The van der Waals surface area contributed by atoms with E-state index in [2.05, 4.69) is 9.72 Å². The molecule has 7 heteroatoms. The van der Waals surface area contributed by atoms with Crippen LogP contribution in [0.25, 0.3) is 6.08 Å². The molecule has 2 rings (SSSR count). The highest BCUT2D eigenvalue weighted by molar-refractivity contribution is 5.93. The summed E-state index contributed by atoms with van der Waals surface area (Å²) in [6.07, 6.45) is 4.35. The van der Waals surface area contributed by atoms with Gasteiger partial charge in [0.1, 0.15) is 5.56 Å². The minimum absolute atomic E-state index is 0.170. The number of carbonyl (C=O) groups is 2. The van der Waals surface area contributed by atoms with Crippen molar-refractivity contribution in [3.05, 3.63) is 53.7 Å². The van der Waals surface area contributed by atoms with E-state index in [9.17, 15) is 9.59 Å². The second kappa shape index (κ2) is 8.49. The Labute approximate surface area is 144 Å². The second-order valence-corrected chi connectivity index (χ2v) is 4.72. The van der Waals surface area contributed by atoms with E-state index in [4.69, 9.17) is 14.2 Å². The lowest BCUT2D eigenvalue weighted by Crippen LogP contribution is -2.11. The molecule has 0 aliphatic rings. The molecule has 25 heavy (non-hydrogen) atoms. The summed E-state index contributed by atoms with van der Waals surface area (Å²) < 4.78 is 20.2. The smallest absolute Gasteiger partial charge is 0.349 e. The van der Waals surface area contributed by atoms with E-state index in [0.29, 0.717) is 11.3 Å². The van der Waals surface area contributed by atoms with Crippen molar-refractivity contribution in [2.24, 2.45) is 0 Å². The number of hydrogen-bond acceptors (Lipinski definition) is 7. The van der Waals surface area contributed by atoms with Crippen molar-refractivity contribution >= 4 is 18.0 Å². The molecule has 0 spiro atoms. The number of nitrogens with zero attached hydrogens (tertiary/aromatic N) is 1. The normalized spacial score (nSPS) is 10.4. The van der Waals surface area contributed by atoms with Crippen molar-refractivity contribution in [1.29, 1.82) is 0 Å². The zero-order chi connectivity index (χ0) is 18.2. The number of aromatic nitrogens is 1. The maximum Gasteiger partial charge on any atom is 0.349 e. The molecule has 0 N–H and O–H groups in total. The van der Waals surface area contributed by atoms with Gasteiger partial charge in [0.05, 0.1) is 21.3 Å². The van der Waals surface area contributed by atoms with Crippen LogP contribution in [-0.2, 0) is 9.53 Å². The van der Waals surface area contributed by atoms with Gasteiger partial charge < -0.3 is 18.9 Å². The third-order valence-electron chi connectivity index (χ3n) is 3.19. The second-order valence-electron chi connectivity index (χ2n) is 4.72. The number of benzene rings is 1. The van der Waals surface area contributed by atoms with Crippen LogP contribution in [0, 0.1) is 0 Å². The van der Waals surface area contributed by atoms with Crippen molar-refractivity contribution < 1.29 is 28.5 Å². The summed E-state index contributed by atoms with van der Waals surface area (Å²) in [5, 5.41) is 0. The lowest BCUT2D eigenvalue weighted by molar-refractivity contribution is -0.134. The van der Waals surface area contributed by atoms with E-state index in [-0.39, 0.29) is 17.2 Å². The number of pyridine rings is 1. The maximum absolute atomic E-state index is 12.3. The first kappa shape index (κ1) is 18.0. The predicted molar refractivity (Wildman–Crippen MR) is 89.8 cm³/mol. The van der Waals surface area contributed by atoms with E-state index in [1.54, 1.807) is 36.4 Å². The van der Waals surface area contributed by atoms with E-state index in [1.807, 2.05) is 0 Å². The van der Waals surface area contributed by atoms with Gasteiger partial charge in [-0.2, -0.15) is 0 Å². The Morgan fingerprint density at radius 1 is 1.04 bits per heavy atom. The summed E-state index contributed by atoms with van der Waals surface area (Å²) in [6.45, 7) is 0. The SMILES string of the molecule is COC(=O)/C=C/c1ccc(OC(=O)c2cccnc2OC)c(OC)c1. The fraction of sp³-hybridized carbons (Fsp3) is 0.167. The molecule has 0 aliphatic carbocycles. The van der Waals surface area contributed by atoms with Gasteiger partial charge >= 0.3 is 11.9 Å². The van der Waals surface area contributed by atoms with Gasteiger partial charge in [-0.25, -0.2) is 14.6 Å². The summed E-state index contributed by atoms with van der Waals surface area (Å²) in [5.74, 6) is -0.361.